The first-order chi connectivity index (χ1) is 10.6. The van der Waals surface area contributed by atoms with Crippen molar-refractivity contribution in [2.45, 2.75) is 38.3 Å². The minimum absolute atomic E-state index is 0. The van der Waals surface area contributed by atoms with Crippen LogP contribution in [-0.4, -0.2) is 45.5 Å². The average molecular weight is 437 g/mol. The van der Waals surface area contributed by atoms with Crippen LogP contribution in [0.15, 0.2) is 21.5 Å². The summed E-state index contributed by atoms with van der Waals surface area (Å²) in [6.07, 6.45) is 1.78. The van der Waals surface area contributed by atoms with E-state index in [1.54, 1.807) is 14.2 Å². The van der Waals surface area contributed by atoms with Gasteiger partial charge in [-0.05, 0) is 26.0 Å². The molecule has 1 unspecified atom stereocenters. The van der Waals surface area contributed by atoms with Gasteiger partial charge in [-0.15, -0.1) is 24.0 Å². The monoisotopic (exact) mass is 437 g/mol. The minimum atomic E-state index is -0.180. The Hall–Kier alpha value is -0.800. The fourth-order valence-electron chi connectivity index (χ4n) is 2.60. The van der Waals surface area contributed by atoms with Gasteiger partial charge in [0.05, 0.1) is 11.6 Å². The summed E-state index contributed by atoms with van der Waals surface area (Å²) < 4.78 is 16.8. The maximum Gasteiger partial charge on any atom is 0.191 e. The average Bonchev–Trinajstić information content (AvgIpc) is 2.98. The molecule has 7 heteroatoms. The molecule has 0 amide bonds. The second kappa shape index (κ2) is 9.48. The Labute approximate surface area is 155 Å². The second-order valence-corrected chi connectivity index (χ2v) is 5.74. The number of aryl methyl sites for hydroxylation is 1. The molecule has 1 aliphatic rings. The number of halogens is 1. The first-order valence-corrected chi connectivity index (χ1v) is 7.75. The third-order valence-electron chi connectivity index (χ3n) is 4.18. The molecule has 132 valence electrons. The highest BCUT2D eigenvalue weighted by Crippen LogP contribution is 2.23. The van der Waals surface area contributed by atoms with E-state index in [-0.39, 0.29) is 35.6 Å². The van der Waals surface area contributed by atoms with Crippen LogP contribution in [0.2, 0.25) is 0 Å². The predicted octanol–water partition coefficient (Wildman–Crippen LogP) is 2.63. The Morgan fingerprint density at radius 1 is 1.39 bits per heavy atom. The number of rotatable bonds is 5. The van der Waals surface area contributed by atoms with Crippen molar-refractivity contribution in [2.24, 2.45) is 4.99 Å². The Morgan fingerprint density at radius 2 is 2.09 bits per heavy atom. The normalized spacial score (nSPS) is 18.9. The first kappa shape index (κ1) is 20.2. The molecule has 1 aliphatic heterocycles. The fraction of sp³-hybridized carbons (Fsp3) is 0.688. The van der Waals surface area contributed by atoms with Crippen molar-refractivity contribution in [3.8, 4) is 0 Å². The van der Waals surface area contributed by atoms with Crippen LogP contribution in [0.25, 0.3) is 0 Å². The van der Waals surface area contributed by atoms with Crippen LogP contribution in [0.5, 0.6) is 0 Å². The lowest BCUT2D eigenvalue weighted by Gasteiger charge is -2.36. The zero-order valence-corrected chi connectivity index (χ0v) is 16.7. The molecule has 0 saturated carbocycles. The summed E-state index contributed by atoms with van der Waals surface area (Å²) in [6.45, 7) is 6.17. The van der Waals surface area contributed by atoms with Crippen molar-refractivity contribution in [2.75, 3.05) is 33.9 Å². The number of nitrogens with one attached hydrogen (secondary N) is 2. The van der Waals surface area contributed by atoms with E-state index in [0.717, 1.165) is 43.5 Å². The maximum atomic E-state index is 5.72. The van der Waals surface area contributed by atoms with Crippen LogP contribution in [-0.2, 0) is 9.47 Å². The number of hydrogen-bond acceptors (Lipinski definition) is 4. The van der Waals surface area contributed by atoms with Gasteiger partial charge >= 0.3 is 0 Å². The highest BCUT2D eigenvalue weighted by molar-refractivity contribution is 14.0. The van der Waals surface area contributed by atoms with E-state index >= 15 is 0 Å². The van der Waals surface area contributed by atoms with Gasteiger partial charge in [0.25, 0.3) is 0 Å². The van der Waals surface area contributed by atoms with Crippen molar-refractivity contribution in [3.05, 3.63) is 23.7 Å². The molecule has 0 aliphatic carbocycles. The molecule has 23 heavy (non-hydrogen) atoms. The van der Waals surface area contributed by atoms with Gasteiger partial charge in [0.1, 0.15) is 11.5 Å². The van der Waals surface area contributed by atoms with E-state index in [0.29, 0.717) is 6.54 Å². The zero-order chi connectivity index (χ0) is 16.0. The Morgan fingerprint density at radius 3 is 2.61 bits per heavy atom. The molecule has 2 N–H and O–H groups in total. The van der Waals surface area contributed by atoms with Crippen molar-refractivity contribution in [3.63, 3.8) is 0 Å². The van der Waals surface area contributed by atoms with E-state index in [4.69, 9.17) is 13.9 Å². The topological polar surface area (TPSA) is 68.0 Å². The Kier molecular flexibility index (Phi) is 8.35. The number of ether oxygens (including phenoxy) is 2. The molecule has 2 heterocycles. The minimum Gasteiger partial charge on any atom is -0.464 e. The summed E-state index contributed by atoms with van der Waals surface area (Å²) >= 11 is 0. The summed E-state index contributed by atoms with van der Waals surface area (Å²) in [7, 11) is 3.52. The smallest absolute Gasteiger partial charge is 0.191 e. The van der Waals surface area contributed by atoms with E-state index < -0.39 is 0 Å². The van der Waals surface area contributed by atoms with Crippen molar-refractivity contribution >= 4 is 29.9 Å². The van der Waals surface area contributed by atoms with E-state index in [1.807, 2.05) is 26.0 Å². The molecule has 1 aromatic rings. The lowest BCUT2D eigenvalue weighted by molar-refractivity contribution is -0.0855. The number of nitrogens with zero attached hydrogens (tertiary/aromatic N) is 1. The molecular formula is C16H28IN3O3. The van der Waals surface area contributed by atoms with Crippen LogP contribution in [0.3, 0.4) is 0 Å². The van der Waals surface area contributed by atoms with Gasteiger partial charge in [0.2, 0.25) is 0 Å². The second-order valence-electron chi connectivity index (χ2n) is 5.74. The quantitative estimate of drug-likeness (QED) is 0.421. The third-order valence-corrected chi connectivity index (χ3v) is 4.18. The van der Waals surface area contributed by atoms with Crippen molar-refractivity contribution in [1.29, 1.82) is 0 Å². The van der Waals surface area contributed by atoms with E-state index in [1.165, 1.54) is 0 Å². The molecule has 1 atom stereocenters. The molecular weight excluding hydrogens is 409 g/mol. The molecule has 0 aromatic carbocycles. The summed E-state index contributed by atoms with van der Waals surface area (Å²) in [5.74, 6) is 2.55. The molecule has 1 saturated heterocycles. The predicted molar refractivity (Wildman–Crippen MR) is 102 cm³/mol. The highest BCUT2D eigenvalue weighted by Gasteiger charge is 2.32. The summed E-state index contributed by atoms with van der Waals surface area (Å²) in [5, 5.41) is 6.69. The summed E-state index contributed by atoms with van der Waals surface area (Å²) in [5.41, 5.74) is -0.180. The van der Waals surface area contributed by atoms with Gasteiger partial charge in [-0.2, -0.15) is 0 Å². The summed E-state index contributed by atoms with van der Waals surface area (Å²) in [6, 6.07) is 3.99. The lowest BCUT2D eigenvalue weighted by atomic mass is 9.94. The van der Waals surface area contributed by atoms with Crippen LogP contribution in [0, 0.1) is 6.92 Å². The summed E-state index contributed by atoms with van der Waals surface area (Å²) in [4.78, 5) is 4.28. The molecule has 0 radical (unpaired) electrons. The Bertz CT molecular complexity index is 499. The van der Waals surface area contributed by atoms with Crippen molar-refractivity contribution in [1.82, 2.24) is 10.6 Å². The number of aliphatic imine (C=N–C) groups is 1. The molecule has 0 spiro atoms. The van der Waals surface area contributed by atoms with Crippen LogP contribution in [0.4, 0.5) is 0 Å². The van der Waals surface area contributed by atoms with Crippen LogP contribution < -0.4 is 10.6 Å². The fourth-order valence-corrected chi connectivity index (χ4v) is 2.60. The lowest BCUT2D eigenvalue weighted by Crippen LogP contribution is -2.51. The Balaban J connectivity index is 0.00000264. The molecule has 1 fully saturated rings. The molecule has 2 rings (SSSR count). The maximum absolute atomic E-state index is 5.72. The molecule has 0 bridgehead atoms. The first-order valence-electron chi connectivity index (χ1n) is 7.75. The van der Waals surface area contributed by atoms with Gasteiger partial charge in [0, 0.05) is 46.8 Å². The number of hydrogen-bond donors (Lipinski definition) is 2. The van der Waals surface area contributed by atoms with Crippen LogP contribution >= 0.6 is 24.0 Å². The number of methoxy groups -OCH3 is 1. The van der Waals surface area contributed by atoms with Gasteiger partial charge in [0.15, 0.2) is 5.96 Å². The standard InChI is InChI=1S/C16H27N3O3.HI/c1-12-5-6-14(22-12)13(2)19-15(17-3)18-11-16(20-4)7-9-21-10-8-16;/h5-6,13H,7-11H2,1-4H3,(H2,17,18,19);1H. The van der Waals surface area contributed by atoms with Crippen LogP contribution in [0.1, 0.15) is 37.3 Å². The third kappa shape index (κ3) is 5.65. The van der Waals surface area contributed by atoms with Gasteiger partial charge < -0.3 is 24.5 Å². The van der Waals surface area contributed by atoms with E-state index in [2.05, 4.69) is 15.6 Å². The largest absolute Gasteiger partial charge is 0.464 e. The van der Waals surface area contributed by atoms with Crippen molar-refractivity contribution < 1.29 is 13.9 Å². The van der Waals surface area contributed by atoms with Gasteiger partial charge in [-0.3, -0.25) is 4.99 Å². The SMILES string of the molecule is CN=C(NCC1(OC)CCOCC1)NC(C)c1ccc(C)o1.I. The number of furan rings is 1. The van der Waals surface area contributed by atoms with E-state index in [9.17, 15) is 0 Å². The van der Waals surface area contributed by atoms with Gasteiger partial charge in [-0.1, -0.05) is 0 Å². The highest BCUT2D eigenvalue weighted by atomic mass is 127. The molecule has 6 nitrogen and oxygen atoms in total. The van der Waals surface area contributed by atoms with Gasteiger partial charge in [-0.25, -0.2) is 0 Å². The number of guanidine groups is 1. The zero-order valence-electron chi connectivity index (χ0n) is 14.3. The molecule has 1 aromatic heterocycles.